The molecule has 0 saturated heterocycles. The van der Waals surface area contributed by atoms with Crippen LogP contribution >= 0.6 is 0 Å². The maximum absolute atomic E-state index is 11.8. The van der Waals surface area contributed by atoms with Crippen molar-refractivity contribution in [2.75, 3.05) is 21.3 Å². The first kappa shape index (κ1) is 15.8. The molecule has 0 aromatic heterocycles. The fourth-order valence-corrected chi connectivity index (χ4v) is 1.93. The Balaban J connectivity index is 3.14. The van der Waals surface area contributed by atoms with Gasteiger partial charge >= 0.3 is 11.9 Å². The molecular weight excluding hydrogens is 260 g/mol. The molecule has 0 radical (unpaired) electrons. The molecule has 0 aliphatic rings. The zero-order valence-corrected chi connectivity index (χ0v) is 11.8. The summed E-state index contributed by atoms with van der Waals surface area (Å²) >= 11 is 0. The highest BCUT2D eigenvalue weighted by Gasteiger charge is 2.36. The molecule has 1 unspecified atom stereocenters. The maximum Gasteiger partial charge on any atom is 0.321 e. The van der Waals surface area contributed by atoms with Crippen LogP contribution in [-0.4, -0.2) is 33.3 Å². The molecule has 0 amide bonds. The van der Waals surface area contributed by atoms with Gasteiger partial charge in [-0.15, -0.1) is 6.58 Å². The minimum atomic E-state index is -1.07. The fraction of sp³-hybridized carbons (Fsp3) is 0.333. The second-order valence-electron chi connectivity index (χ2n) is 4.06. The van der Waals surface area contributed by atoms with Gasteiger partial charge in [0.05, 0.1) is 21.3 Å². The first-order chi connectivity index (χ1) is 9.58. The van der Waals surface area contributed by atoms with Crippen molar-refractivity contribution in [2.24, 2.45) is 5.92 Å². The van der Waals surface area contributed by atoms with Gasteiger partial charge in [0.2, 0.25) is 0 Å². The van der Waals surface area contributed by atoms with Crippen molar-refractivity contribution in [2.45, 2.75) is 5.92 Å². The summed E-state index contributed by atoms with van der Waals surface area (Å²) in [4.78, 5) is 23.6. The van der Waals surface area contributed by atoms with E-state index in [2.05, 4.69) is 16.1 Å². The van der Waals surface area contributed by atoms with Crippen LogP contribution in [-0.2, 0) is 19.1 Å². The van der Waals surface area contributed by atoms with E-state index < -0.39 is 23.8 Å². The summed E-state index contributed by atoms with van der Waals surface area (Å²) < 4.78 is 14.4. The molecule has 0 spiro atoms. The summed E-state index contributed by atoms with van der Waals surface area (Å²) in [5, 5.41) is 0. The molecule has 0 bridgehead atoms. The molecule has 1 aromatic rings. The van der Waals surface area contributed by atoms with Crippen LogP contribution in [0.3, 0.4) is 0 Å². The molecular formula is C15H18O5. The van der Waals surface area contributed by atoms with Crippen LogP contribution in [0.5, 0.6) is 5.75 Å². The van der Waals surface area contributed by atoms with E-state index in [-0.39, 0.29) is 0 Å². The quantitative estimate of drug-likeness (QED) is 0.452. The van der Waals surface area contributed by atoms with Gasteiger partial charge in [-0.25, -0.2) is 0 Å². The van der Waals surface area contributed by atoms with Gasteiger partial charge in [0.15, 0.2) is 5.92 Å². The van der Waals surface area contributed by atoms with Gasteiger partial charge in [0.1, 0.15) is 5.75 Å². The standard InChI is InChI=1S/C15H18O5/c1-5-12(10-6-8-11(18-2)9-7-10)13(14(16)19-3)15(17)20-4/h5-9,12-13H,1H2,2-4H3. The van der Waals surface area contributed by atoms with Gasteiger partial charge in [0, 0.05) is 5.92 Å². The number of allylic oxidation sites excluding steroid dienone is 1. The summed E-state index contributed by atoms with van der Waals surface area (Å²) in [7, 11) is 4.02. The molecule has 5 heteroatoms. The SMILES string of the molecule is C=CC(c1ccc(OC)cc1)C(C(=O)OC)C(=O)OC. The van der Waals surface area contributed by atoms with Crippen LogP contribution in [0, 0.1) is 5.92 Å². The zero-order valence-electron chi connectivity index (χ0n) is 11.8. The monoisotopic (exact) mass is 278 g/mol. The Morgan fingerprint density at radius 3 is 1.90 bits per heavy atom. The summed E-state index contributed by atoms with van der Waals surface area (Å²) in [6, 6.07) is 7.03. The predicted octanol–water partition coefficient (Wildman–Crippen LogP) is 1.93. The molecule has 108 valence electrons. The molecule has 5 nitrogen and oxygen atoms in total. The van der Waals surface area contributed by atoms with Crippen molar-refractivity contribution in [1.82, 2.24) is 0 Å². The van der Waals surface area contributed by atoms with Gasteiger partial charge in [-0.3, -0.25) is 9.59 Å². The number of carbonyl (C=O) groups excluding carboxylic acids is 2. The molecule has 0 N–H and O–H groups in total. The molecule has 0 heterocycles. The first-order valence-electron chi connectivity index (χ1n) is 6.01. The Bertz CT molecular complexity index is 462. The van der Waals surface area contributed by atoms with E-state index in [9.17, 15) is 9.59 Å². The lowest BCUT2D eigenvalue weighted by atomic mass is 9.86. The van der Waals surface area contributed by atoms with E-state index in [1.165, 1.54) is 20.3 Å². The van der Waals surface area contributed by atoms with Gasteiger partial charge in [-0.1, -0.05) is 18.2 Å². The van der Waals surface area contributed by atoms with Crippen LogP contribution in [0.2, 0.25) is 0 Å². The Morgan fingerprint density at radius 2 is 1.55 bits per heavy atom. The van der Waals surface area contributed by atoms with Crippen molar-refractivity contribution >= 4 is 11.9 Å². The highest BCUT2D eigenvalue weighted by molar-refractivity contribution is 5.96. The minimum Gasteiger partial charge on any atom is -0.497 e. The van der Waals surface area contributed by atoms with Crippen molar-refractivity contribution in [1.29, 1.82) is 0 Å². The molecule has 0 aliphatic carbocycles. The van der Waals surface area contributed by atoms with Crippen LogP contribution in [0.1, 0.15) is 11.5 Å². The lowest BCUT2D eigenvalue weighted by molar-refractivity contribution is -0.159. The van der Waals surface area contributed by atoms with Crippen LogP contribution in [0.25, 0.3) is 0 Å². The lowest BCUT2D eigenvalue weighted by Crippen LogP contribution is -2.31. The molecule has 0 saturated carbocycles. The number of carbonyl (C=O) groups is 2. The van der Waals surface area contributed by atoms with E-state index in [1.807, 2.05) is 0 Å². The van der Waals surface area contributed by atoms with Gasteiger partial charge in [0.25, 0.3) is 0 Å². The highest BCUT2D eigenvalue weighted by Crippen LogP contribution is 2.29. The molecule has 0 aliphatic heterocycles. The summed E-state index contributed by atoms with van der Waals surface area (Å²) in [5.74, 6) is -2.23. The third-order valence-electron chi connectivity index (χ3n) is 3.02. The third-order valence-corrected chi connectivity index (χ3v) is 3.02. The Kier molecular flexibility index (Phi) is 5.77. The number of methoxy groups -OCH3 is 3. The van der Waals surface area contributed by atoms with E-state index in [0.29, 0.717) is 5.75 Å². The van der Waals surface area contributed by atoms with E-state index >= 15 is 0 Å². The van der Waals surface area contributed by atoms with E-state index in [4.69, 9.17) is 4.74 Å². The van der Waals surface area contributed by atoms with Crippen LogP contribution in [0.4, 0.5) is 0 Å². The first-order valence-corrected chi connectivity index (χ1v) is 6.01. The summed E-state index contributed by atoms with van der Waals surface area (Å²) in [6.45, 7) is 3.69. The minimum absolute atomic E-state index is 0.527. The topological polar surface area (TPSA) is 61.8 Å². The second-order valence-corrected chi connectivity index (χ2v) is 4.06. The molecule has 1 aromatic carbocycles. The van der Waals surface area contributed by atoms with Gasteiger partial charge < -0.3 is 14.2 Å². The van der Waals surface area contributed by atoms with E-state index in [1.54, 1.807) is 31.4 Å². The maximum atomic E-state index is 11.8. The number of hydrogen-bond acceptors (Lipinski definition) is 5. The number of esters is 2. The number of benzene rings is 1. The van der Waals surface area contributed by atoms with Crippen molar-refractivity contribution in [3.05, 3.63) is 42.5 Å². The van der Waals surface area contributed by atoms with Crippen LogP contribution < -0.4 is 4.74 Å². The van der Waals surface area contributed by atoms with Gasteiger partial charge in [-0.05, 0) is 17.7 Å². The molecule has 20 heavy (non-hydrogen) atoms. The average Bonchev–Trinajstić information content (AvgIpc) is 2.51. The lowest BCUT2D eigenvalue weighted by Gasteiger charge is -2.20. The Hall–Kier alpha value is -2.30. The van der Waals surface area contributed by atoms with Gasteiger partial charge in [-0.2, -0.15) is 0 Å². The zero-order chi connectivity index (χ0) is 15.1. The number of rotatable bonds is 6. The Labute approximate surface area is 118 Å². The van der Waals surface area contributed by atoms with Crippen molar-refractivity contribution in [3.8, 4) is 5.75 Å². The largest absolute Gasteiger partial charge is 0.497 e. The number of hydrogen-bond donors (Lipinski definition) is 0. The second kappa shape index (κ2) is 7.33. The molecule has 1 rings (SSSR count). The molecule has 0 fully saturated rings. The van der Waals surface area contributed by atoms with Crippen molar-refractivity contribution < 1.29 is 23.8 Å². The Morgan fingerprint density at radius 1 is 1.05 bits per heavy atom. The number of ether oxygens (including phenoxy) is 3. The summed E-state index contributed by atoms with van der Waals surface area (Å²) in [6.07, 6.45) is 1.53. The summed E-state index contributed by atoms with van der Waals surface area (Å²) in [5.41, 5.74) is 0.751. The highest BCUT2D eigenvalue weighted by atomic mass is 16.5. The predicted molar refractivity (Wildman–Crippen MR) is 73.5 cm³/mol. The molecule has 1 atom stereocenters. The normalized spacial score (nSPS) is 11.6. The third kappa shape index (κ3) is 3.38. The average molecular weight is 278 g/mol. The van der Waals surface area contributed by atoms with Crippen LogP contribution in [0.15, 0.2) is 36.9 Å². The smallest absolute Gasteiger partial charge is 0.321 e. The van der Waals surface area contributed by atoms with Crippen molar-refractivity contribution in [3.63, 3.8) is 0 Å². The fourth-order valence-electron chi connectivity index (χ4n) is 1.93. The van der Waals surface area contributed by atoms with E-state index in [0.717, 1.165) is 5.56 Å².